The fraction of sp³-hybridized carbons (Fsp3) is 0.222. The summed E-state index contributed by atoms with van der Waals surface area (Å²) < 4.78 is 13.4. The normalized spacial score (nSPS) is 9.57. The van der Waals surface area contributed by atoms with Crippen LogP contribution in [0.15, 0.2) is 16.6 Å². The van der Waals surface area contributed by atoms with Crippen LogP contribution >= 0.6 is 15.9 Å². The predicted octanol–water partition coefficient (Wildman–Crippen LogP) is 1.98. The molecule has 74 valence electrons. The van der Waals surface area contributed by atoms with E-state index in [0.29, 0.717) is 15.7 Å². The van der Waals surface area contributed by atoms with Gasteiger partial charge >= 0.3 is 0 Å². The van der Waals surface area contributed by atoms with Crippen LogP contribution in [0.2, 0.25) is 0 Å². The van der Waals surface area contributed by atoms with Gasteiger partial charge in [-0.15, -0.1) is 0 Å². The van der Waals surface area contributed by atoms with Gasteiger partial charge in [0, 0.05) is 12.2 Å². The number of halogens is 2. The summed E-state index contributed by atoms with van der Waals surface area (Å²) in [6.45, 7) is 0.406. The van der Waals surface area contributed by atoms with Crippen molar-refractivity contribution in [3.63, 3.8) is 0 Å². The highest BCUT2D eigenvalue weighted by Gasteiger charge is 2.06. The topological polar surface area (TPSA) is 61.8 Å². The second-order valence-corrected chi connectivity index (χ2v) is 3.49. The van der Waals surface area contributed by atoms with Gasteiger partial charge in [-0.05, 0) is 33.6 Å². The van der Waals surface area contributed by atoms with Crippen LogP contribution in [0.25, 0.3) is 0 Å². The summed E-state index contributed by atoms with van der Waals surface area (Å²) in [7, 11) is 0. The summed E-state index contributed by atoms with van der Waals surface area (Å²) in [5, 5.41) is 11.2. The Bertz CT molecular complexity index is 373. The van der Waals surface area contributed by atoms with Gasteiger partial charge in [0.25, 0.3) is 0 Å². The highest BCUT2D eigenvalue weighted by Crippen LogP contribution is 2.24. The van der Waals surface area contributed by atoms with Crippen LogP contribution in [0.5, 0.6) is 0 Å². The van der Waals surface area contributed by atoms with Gasteiger partial charge in [-0.3, -0.25) is 0 Å². The number of nitrogens with two attached hydrogens (primary N) is 1. The second-order valence-electron chi connectivity index (χ2n) is 2.64. The standard InChI is InChI=1S/C9H9BrFN3/c10-7-4-9(14-2-1-12)6(5-13)3-8(7)11/h3-4,14H,2,5,13H2. The molecule has 0 amide bonds. The molecule has 0 unspecified atom stereocenters. The molecule has 0 aromatic heterocycles. The lowest BCUT2D eigenvalue weighted by atomic mass is 10.1. The van der Waals surface area contributed by atoms with Gasteiger partial charge in [0.1, 0.15) is 12.4 Å². The first-order valence-corrected chi connectivity index (χ1v) is 4.77. The summed E-state index contributed by atoms with van der Waals surface area (Å²) in [4.78, 5) is 0. The van der Waals surface area contributed by atoms with E-state index in [1.807, 2.05) is 6.07 Å². The average Bonchev–Trinajstić information content (AvgIpc) is 2.19. The first-order valence-electron chi connectivity index (χ1n) is 3.98. The molecule has 0 aliphatic heterocycles. The van der Waals surface area contributed by atoms with E-state index in [2.05, 4.69) is 21.2 Å². The maximum absolute atomic E-state index is 13.1. The SMILES string of the molecule is N#CCNc1cc(Br)c(F)cc1CN. The number of nitriles is 1. The first kappa shape index (κ1) is 11.0. The Hall–Kier alpha value is -1.12. The molecule has 1 rings (SSSR count). The monoisotopic (exact) mass is 257 g/mol. The van der Waals surface area contributed by atoms with E-state index >= 15 is 0 Å². The lowest BCUT2D eigenvalue weighted by Crippen LogP contribution is -2.06. The summed E-state index contributed by atoms with van der Waals surface area (Å²) >= 11 is 3.06. The molecule has 14 heavy (non-hydrogen) atoms. The minimum Gasteiger partial charge on any atom is -0.372 e. The molecule has 0 saturated carbocycles. The molecule has 0 atom stereocenters. The zero-order valence-corrected chi connectivity index (χ0v) is 8.94. The van der Waals surface area contributed by atoms with Crippen molar-refractivity contribution >= 4 is 21.6 Å². The number of hydrogen-bond acceptors (Lipinski definition) is 3. The maximum atomic E-state index is 13.1. The van der Waals surface area contributed by atoms with Crippen LogP contribution in [0.1, 0.15) is 5.56 Å². The van der Waals surface area contributed by atoms with Gasteiger partial charge < -0.3 is 11.1 Å². The largest absolute Gasteiger partial charge is 0.372 e. The molecule has 0 saturated heterocycles. The van der Waals surface area contributed by atoms with E-state index < -0.39 is 0 Å². The lowest BCUT2D eigenvalue weighted by molar-refractivity contribution is 0.619. The van der Waals surface area contributed by atoms with Gasteiger partial charge in [-0.1, -0.05) is 0 Å². The fourth-order valence-electron chi connectivity index (χ4n) is 1.06. The number of nitrogens with one attached hydrogen (secondary N) is 1. The molecule has 0 heterocycles. The van der Waals surface area contributed by atoms with Gasteiger partial charge in [-0.2, -0.15) is 5.26 Å². The Balaban J connectivity index is 3.02. The zero-order valence-electron chi connectivity index (χ0n) is 7.35. The number of rotatable bonds is 3. The Morgan fingerprint density at radius 2 is 2.29 bits per heavy atom. The van der Waals surface area contributed by atoms with E-state index in [9.17, 15) is 4.39 Å². The number of benzene rings is 1. The Labute approximate surface area is 89.8 Å². The van der Waals surface area contributed by atoms with Crippen molar-refractivity contribution in [1.82, 2.24) is 0 Å². The Kier molecular flexibility index (Phi) is 3.86. The van der Waals surface area contributed by atoms with E-state index in [-0.39, 0.29) is 18.9 Å². The number of hydrogen-bond donors (Lipinski definition) is 2. The minimum absolute atomic E-state index is 0.172. The second kappa shape index (κ2) is 4.94. The van der Waals surface area contributed by atoms with Gasteiger partial charge in [0.05, 0.1) is 10.5 Å². The summed E-state index contributed by atoms with van der Waals surface area (Å²) in [6, 6.07) is 4.87. The van der Waals surface area contributed by atoms with Crippen molar-refractivity contribution in [2.75, 3.05) is 11.9 Å². The Morgan fingerprint density at radius 1 is 1.57 bits per heavy atom. The summed E-state index contributed by atoms with van der Waals surface area (Å²) in [5.74, 6) is -0.354. The van der Waals surface area contributed by atoms with Crippen LogP contribution in [-0.2, 0) is 6.54 Å². The van der Waals surface area contributed by atoms with Crippen LogP contribution in [-0.4, -0.2) is 6.54 Å². The molecule has 0 radical (unpaired) electrons. The van der Waals surface area contributed by atoms with E-state index in [1.54, 1.807) is 6.07 Å². The van der Waals surface area contributed by atoms with Crippen molar-refractivity contribution < 1.29 is 4.39 Å². The molecular formula is C9H9BrFN3. The third kappa shape index (κ3) is 2.44. The van der Waals surface area contributed by atoms with Gasteiger partial charge in [0.2, 0.25) is 0 Å². The third-order valence-electron chi connectivity index (χ3n) is 1.72. The van der Waals surface area contributed by atoms with Crippen molar-refractivity contribution in [2.45, 2.75) is 6.54 Å². The predicted molar refractivity (Wildman–Crippen MR) is 56.1 cm³/mol. The van der Waals surface area contributed by atoms with Crippen molar-refractivity contribution in [3.8, 4) is 6.07 Å². The molecule has 0 aliphatic carbocycles. The van der Waals surface area contributed by atoms with Crippen LogP contribution in [0, 0.1) is 17.1 Å². The molecule has 0 aliphatic rings. The summed E-state index contributed by atoms with van der Waals surface area (Å²) in [5.41, 5.74) is 6.77. The maximum Gasteiger partial charge on any atom is 0.137 e. The van der Waals surface area contributed by atoms with Crippen molar-refractivity contribution in [2.24, 2.45) is 5.73 Å². The zero-order chi connectivity index (χ0) is 10.6. The molecule has 0 spiro atoms. The lowest BCUT2D eigenvalue weighted by Gasteiger charge is -2.09. The first-order chi connectivity index (χ1) is 6.69. The number of anilines is 1. The van der Waals surface area contributed by atoms with Crippen LogP contribution < -0.4 is 11.1 Å². The third-order valence-corrected chi connectivity index (χ3v) is 2.33. The Morgan fingerprint density at radius 3 is 2.86 bits per heavy atom. The molecule has 1 aromatic carbocycles. The van der Waals surface area contributed by atoms with E-state index in [0.717, 1.165) is 0 Å². The van der Waals surface area contributed by atoms with E-state index in [1.165, 1.54) is 6.07 Å². The van der Waals surface area contributed by atoms with Crippen molar-refractivity contribution in [3.05, 3.63) is 28.0 Å². The average molecular weight is 258 g/mol. The molecule has 1 aromatic rings. The van der Waals surface area contributed by atoms with E-state index in [4.69, 9.17) is 11.0 Å². The smallest absolute Gasteiger partial charge is 0.137 e. The molecule has 5 heteroatoms. The van der Waals surface area contributed by atoms with Gasteiger partial charge in [0.15, 0.2) is 0 Å². The highest BCUT2D eigenvalue weighted by atomic mass is 79.9. The fourth-order valence-corrected chi connectivity index (χ4v) is 1.40. The molecule has 0 fully saturated rings. The minimum atomic E-state index is -0.354. The molecule has 0 bridgehead atoms. The molecule has 3 N–H and O–H groups in total. The van der Waals surface area contributed by atoms with Gasteiger partial charge in [-0.25, -0.2) is 4.39 Å². The number of nitrogens with zero attached hydrogens (tertiary/aromatic N) is 1. The molecular weight excluding hydrogens is 249 g/mol. The quantitative estimate of drug-likeness (QED) is 0.815. The van der Waals surface area contributed by atoms with Crippen molar-refractivity contribution in [1.29, 1.82) is 5.26 Å². The highest BCUT2D eigenvalue weighted by molar-refractivity contribution is 9.10. The summed E-state index contributed by atoms with van der Waals surface area (Å²) in [6.07, 6.45) is 0. The molecule has 3 nitrogen and oxygen atoms in total. The van der Waals surface area contributed by atoms with Crippen LogP contribution in [0.4, 0.5) is 10.1 Å². The van der Waals surface area contributed by atoms with Crippen LogP contribution in [0.3, 0.4) is 0 Å².